The Kier molecular flexibility index (Phi) is 6.31. The lowest BCUT2D eigenvalue weighted by Gasteiger charge is -2.25. The van der Waals surface area contributed by atoms with Crippen molar-refractivity contribution >= 4 is 29.3 Å². The molecule has 4 rings (SSSR count). The molecule has 0 saturated carbocycles. The summed E-state index contributed by atoms with van der Waals surface area (Å²) in [5.41, 5.74) is 2.89. The third-order valence-electron chi connectivity index (χ3n) is 5.30. The molecule has 7 heteroatoms. The molecule has 0 spiro atoms. The molecule has 33 heavy (non-hydrogen) atoms. The molecule has 0 aromatic heterocycles. The number of carbonyl (C=O) groups excluding carboxylic acids is 4. The molecule has 1 N–H and O–H groups in total. The lowest BCUT2D eigenvalue weighted by Crippen LogP contribution is -2.23. The average molecular weight is 443 g/mol. The van der Waals surface area contributed by atoms with Crippen LogP contribution in [0.4, 0.5) is 5.69 Å². The summed E-state index contributed by atoms with van der Waals surface area (Å²) in [7, 11) is 0. The van der Waals surface area contributed by atoms with E-state index in [1.165, 1.54) is 19.1 Å². The molecular weight excluding hydrogens is 422 g/mol. The van der Waals surface area contributed by atoms with Crippen LogP contribution in [-0.2, 0) is 20.7 Å². The van der Waals surface area contributed by atoms with E-state index in [0.29, 0.717) is 28.8 Å². The van der Waals surface area contributed by atoms with Crippen LogP contribution in [0.25, 0.3) is 0 Å². The van der Waals surface area contributed by atoms with E-state index in [4.69, 9.17) is 9.47 Å². The Hall–Kier alpha value is -4.26. The highest BCUT2D eigenvalue weighted by Gasteiger charge is 2.28. The third-order valence-corrected chi connectivity index (χ3v) is 5.30. The minimum Gasteiger partial charge on any atom is -0.454 e. The van der Waals surface area contributed by atoms with Gasteiger partial charge in [-0.05, 0) is 48.4 Å². The van der Waals surface area contributed by atoms with Gasteiger partial charge in [0.2, 0.25) is 0 Å². The second kappa shape index (κ2) is 9.48. The van der Waals surface area contributed by atoms with Gasteiger partial charge in [0.25, 0.3) is 5.91 Å². The molecule has 1 amide bonds. The molecule has 1 aliphatic heterocycles. The van der Waals surface area contributed by atoms with E-state index in [1.54, 1.807) is 30.3 Å². The first-order chi connectivity index (χ1) is 15.9. The third kappa shape index (κ3) is 4.98. The second-order valence-corrected chi connectivity index (χ2v) is 7.61. The molecular formula is C26H21NO6. The minimum atomic E-state index is -0.692. The van der Waals surface area contributed by atoms with E-state index in [1.807, 2.05) is 30.3 Å². The zero-order chi connectivity index (χ0) is 23.4. The van der Waals surface area contributed by atoms with Gasteiger partial charge in [-0.15, -0.1) is 0 Å². The molecule has 166 valence electrons. The van der Waals surface area contributed by atoms with Crippen LogP contribution in [0.1, 0.15) is 55.2 Å². The van der Waals surface area contributed by atoms with Crippen molar-refractivity contribution in [2.45, 2.75) is 19.4 Å². The van der Waals surface area contributed by atoms with E-state index in [0.717, 1.165) is 5.56 Å². The molecule has 0 aliphatic carbocycles. The highest BCUT2D eigenvalue weighted by molar-refractivity contribution is 6.04. The highest BCUT2D eigenvalue weighted by Crippen LogP contribution is 2.31. The zero-order valence-corrected chi connectivity index (χ0v) is 17.9. The molecule has 3 aromatic rings. The summed E-state index contributed by atoms with van der Waals surface area (Å²) in [5, 5.41) is 2.58. The van der Waals surface area contributed by atoms with E-state index < -0.39 is 30.6 Å². The fourth-order valence-corrected chi connectivity index (χ4v) is 3.68. The number of cyclic esters (lactones) is 1. The molecule has 0 fully saturated rings. The molecule has 0 bridgehead atoms. The minimum absolute atomic E-state index is 0.190. The second-order valence-electron chi connectivity index (χ2n) is 7.61. The van der Waals surface area contributed by atoms with Gasteiger partial charge in [0.1, 0.15) is 6.10 Å². The van der Waals surface area contributed by atoms with Crippen molar-refractivity contribution in [3.8, 4) is 0 Å². The normalized spacial score (nSPS) is 14.6. The Morgan fingerprint density at radius 1 is 1.00 bits per heavy atom. The summed E-state index contributed by atoms with van der Waals surface area (Å²) in [6.45, 7) is 0.885. The predicted octanol–water partition coefficient (Wildman–Crippen LogP) is 4.14. The Balaban J connectivity index is 1.42. The highest BCUT2D eigenvalue weighted by atomic mass is 16.5. The summed E-state index contributed by atoms with van der Waals surface area (Å²) < 4.78 is 10.7. The summed E-state index contributed by atoms with van der Waals surface area (Å²) in [5.74, 6) is -1.90. The topological polar surface area (TPSA) is 98.8 Å². The van der Waals surface area contributed by atoms with Crippen LogP contribution in [0.3, 0.4) is 0 Å². The number of anilines is 1. The van der Waals surface area contributed by atoms with Crippen molar-refractivity contribution in [2.75, 3.05) is 11.9 Å². The van der Waals surface area contributed by atoms with Gasteiger partial charge < -0.3 is 14.8 Å². The van der Waals surface area contributed by atoms with Crippen LogP contribution in [0.5, 0.6) is 0 Å². The molecule has 3 aromatic carbocycles. The van der Waals surface area contributed by atoms with Crippen molar-refractivity contribution in [3.63, 3.8) is 0 Å². The molecule has 0 saturated heterocycles. The van der Waals surface area contributed by atoms with E-state index in [2.05, 4.69) is 5.32 Å². The van der Waals surface area contributed by atoms with Crippen LogP contribution in [-0.4, -0.2) is 30.2 Å². The van der Waals surface area contributed by atoms with Gasteiger partial charge in [-0.3, -0.25) is 9.59 Å². The number of benzene rings is 3. The molecule has 1 heterocycles. The lowest BCUT2D eigenvalue weighted by molar-refractivity contribution is -0.119. The number of hydrogen-bond donors (Lipinski definition) is 1. The van der Waals surface area contributed by atoms with Crippen molar-refractivity contribution in [1.82, 2.24) is 0 Å². The first-order valence-electron chi connectivity index (χ1n) is 10.4. The van der Waals surface area contributed by atoms with Gasteiger partial charge in [0.05, 0.1) is 16.8 Å². The number of hydrogen-bond acceptors (Lipinski definition) is 6. The number of ether oxygens (including phenoxy) is 2. The van der Waals surface area contributed by atoms with Crippen LogP contribution in [0, 0.1) is 0 Å². The number of para-hydroxylation sites is 1. The van der Waals surface area contributed by atoms with Gasteiger partial charge in [0, 0.05) is 12.0 Å². The average Bonchev–Trinajstić information content (AvgIpc) is 2.83. The fraction of sp³-hybridized carbons (Fsp3) is 0.154. The monoisotopic (exact) mass is 443 g/mol. The summed E-state index contributed by atoms with van der Waals surface area (Å²) >= 11 is 0. The van der Waals surface area contributed by atoms with Gasteiger partial charge >= 0.3 is 11.9 Å². The molecule has 1 aliphatic rings. The Labute approximate surface area is 190 Å². The van der Waals surface area contributed by atoms with Gasteiger partial charge in [0.15, 0.2) is 12.4 Å². The van der Waals surface area contributed by atoms with Crippen LogP contribution in [0.2, 0.25) is 0 Å². The molecule has 7 nitrogen and oxygen atoms in total. The predicted molar refractivity (Wildman–Crippen MR) is 120 cm³/mol. The Bertz CT molecular complexity index is 1230. The summed E-state index contributed by atoms with van der Waals surface area (Å²) in [6, 6.07) is 20.5. The number of carbonyl (C=O) groups is 4. The van der Waals surface area contributed by atoms with E-state index >= 15 is 0 Å². The van der Waals surface area contributed by atoms with Gasteiger partial charge in [-0.25, -0.2) is 9.59 Å². The SMILES string of the molecule is CC(=O)c1ccccc1NC(=O)COC(=O)c1ccc2c(c1)CC(c1ccccc1)OC2=O. The number of rotatable bonds is 6. The van der Waals surface area contributed by atoms with Crippen LogP contribution < -0.4 is 5.32 Å². The van der Waals surface area contributed by atoms with Gasteiger partial charge in [-0.2, -0.15) is 0 Å². The van der Waals surface area contributed by atoms with Gasteiger partial charge in [-0.1, -0.05) is 42.5 Å². The molecule has 1 unspecified atom stereocenters. The number of amides is 1. The number of ketones is 1. The maximum atomic E-state index is 12.5. The largest absolute Gasteiger partial charge is 0.454 e. The molecule has 0 radical (unpaired) electrons. The first-order valence-corrected chi connectivity index (χ1v) is 10.4. The standard InChI is InChI=1S/C26H21NO6/c1-16(28)20-9-5-6-10-22(20)27-24(29)15-32-25(30)18-11-12-21-19(13-18)14-23(33-26(21)31)17-7-3-2-4-8-17/h2-13,23H,14-15H2,1H3,(H,27,29). The van der Waals surface area contributed by atoms with Crippen molar-refractivity contribution in [1.29, 1.82) is 0 Å². The van der Waals surface area contributed by atoms with E-state index in [9.17, 15) is 19.2 Å². The maximum Gasteiger partial charge on any atom is 0.339 e. The quantitative estimate of drug-likeness (QED) is 0.454. The number of Topliss-reactive ketones (excluding diaryl/α,β-unsaturated/α-hetero) is 1. The number of nitrogens with one attached hydrogen (secondary N) is 1. The van der Waals surface area contributed by atoms with Crippen LogP contribution >= 0.6 is 0 Å². The van der Waals surface area contributed by atoms with Crippen molar-refractivity contribution < 1.29 is 28.7 Å². The first kappa shape index (κ1) is 22.0. The Morgan fingerprint density at radius 3 is 2.48 bits per heavy atom. The molecule has 1 atom stereocenters. The Morgan fingerprint density at radius 2 is 1.73 bits per heavy atom. The number of esters is 2. The smallest absolute Gasteiger partial charge is 0.339 e. The fourth-order valence-electron chi connectivity index (χ4n) is 3.68. The van der Waals surface area contributed by atoms with Crippen molar-refractivity contribution in [2.24, 2.45) is 0 Å². The summed E-state index contributed by atoms with van der Waals surface area (Å²) in [4.78, 5) is 48.8. The summed E-state index contributed by atoms with van der Waals surface area (Å²) in [6.07, 6.45) is -0.0151. The van der Waals surface area contributed by atoms with Crippen LogP contribution in [0.15, 0.2) is 72.8 Å². The number of fused-ring (bicyclic) bond motifs is 1. The van der Waals surface area contributed by atoms with E-state index in [-0.39, 0.29) is 11.3 Å². The maximum absolute atomic E-state index is 12.5. The van der Waals surface area contributed by atoms with Crippen molar-refractivity contribution in [3.05, 3.63) is 101 Å². The zero-order valence-electron chi connectivity index (χ0n) is 17.9. The lowest BCUT2D eigenvalue weighted by atomic mass is 9.93.